The van der Waals surface area contributed by atoms with Gasteiger partial charge >= 0.3 is 11.4 Å². The van der Waals surface area contributed by atoms with E-state index in [4.69, 9.17) is 9.47 Å². The molecular formula is C36H34N8O6. The number of rotatable bonds is 8. The van der Waals surface area contributed by atoms with Gasteiger partial charge in [0.1, 0.15) is 0 Å². The lowest BCUT2D eigenvalue weighted by atomic mass is 10.1. The van der Waals surface area contributed by atoms with E-state index < -0.39 is 22.5 Å². The Bertz CT molecular complexity index is 2470. The summed E-state index contributed by atoms with van der Waals surface area (Å²) in [5, 5.41) is 0. The SMILES string of the molecule is COCCn1c2nc(=O)n(-c3ccc(-n4c(=O)nc5n(CCOC)c6cc(C)c(C)cc6nc-5c4=O)cc3)c(=O)c-2nc2cc(C)c(C)cc21. The first-order chi connectivity index (χ1) is 24.0. The normalized spacial score (nSPS) is 11.8. The second-order valence-corrected chi connectivity index (χ2v) is 12.3. The molecule has 0 atom stereocenters. The summed E-state index contributed by atoms with van der Waals surface area (Å²) in [7, 11) is 3.14. The number of ether oxygens (including phenoxy) is 2. The van der Waals surface area contributed by atoms with Crippen molar-refractivity contribution < 1.29 is 9.47 Å². The van der Waals surface area contributed by atoms with Crippen LogP contribution in [0.15, 0.2) is 67.7 Å². The summed E-state index contributed by atoms with van der Waals surface area (Å²) in [5.41, 5.74) is 4.16. The molecule has 0 fully saturated rings. The topological polar surface area (TPSA) is 158 Å². The lowest BCUT2D eigenvalue weighted by molar-refractivity contribution is 0.188. The van der Waals surface area contributed by atoms with E-state index in [0.717, 1.165) is 42.4 Å². The highest BCUT2D eigenvalue weighted by atomic mass is 16.5. The van der Waals surface area contributed by atoms with Gasteiger partial charge in [-0.1, -0.05) is 0 Å². The Labute approximate surface area is 284 Å². The van der Waals surface area contributed by atoms with Crippen LogP contribution >= 0.6 is 0 Å². The summed E-state index contributed by atoms with van der Waals surface area (Å²) in [6.07, 6.45) is 0. The van der Waals surface area contributed by atoms with Crippen molar-refractivity contribution in [3.63, 3.8) is 0 Å². The summed E-state index contributed by atoms with van der Waals surface area (Å²) < 4.78 is 16.0. The minimum atomic E-state index is -0.803. The molecule has 7 rings (SSSR count). The summed E-state index contributed by atoms with van der Waals surface area (Å²) >= 11 is 0. The van der Waals surface area contributed by atoms with Crippen molar-refractivity contribution in [2.45, 2.75) is 40.8 Å². The molecule has 14 nitrogen and oxygen atoms in total. The van der Waals surface area contributed by atoms with Gasteiger partial charge in [-0.2, -0.15) is 9.97 Å². The molecule has 4 aliphatic heterocycles. The average molecular weight is 675 g/mol. The largest absolute Gasteiger partial charge is 0.383 e. The van der Waals surface area contributed by atoms with Gasteiger partial charge in [0.05, 0.1) is 46.7 Å². The smallest absolute Gasteiger partial charge is 0.357 e. The number of nitrogens with zero attached hydrogens (tertiary/aromatic N) is 8. The predicted molar refractivity (Wildman–Crippen MR) is 188 cm³/mol. The molecule has 0 bridgehead atoms. The van der Waals surface area contributed by atoms with E-state index >= 15 is 0 Å². The van der Waals surface area contributed by atoms with Crippen LogP contribution in [0.25, 0.3) is 56.5 Å². The number of aromatic nitrogens is 8. The van der Waals surface area contributed by atoms with Crippen LogP contribution < -0.4 is 22.5 Å². The molecule has 4 heterocycles. The summed E-state index contributed by atoms with van der Waals surface area (Å²) in [6.45, 7) is 9.23. The van der Waals surface area contributed by atoms with Crippen molar-refractivity contribution in [3.8, 4) is 34.4 Å². The van der Waals surface area contributed by atoms with Crippen molar-refractivity contribution in [3.05, 3.63) is 112 Å². The lowest BCUT2D eigenvalue weighted by Gasteiger charge is -2.19. The third-order valence-electron chi connectivity index (χ3n) is 9.16. The number of hydrogen-bond donors (Lipinski definition) is 0. The van der Waals surface area contributed by atoms with Crippen LogP contribution in [0, 0.1) is 27.7 Å². The second kappa shape index (κ2) is 12.5. The molecule has 0 saturated heterocycles. The number of fused-ring (bicyclic) bond motifs is 4. The quantitative estimate of drug-likeness (QED) is 0.220. The van der Waals surface area contributed by atoms with Gasteiger partial charge in [-0.3, -0.25) is 9.59 Å². The van der Waals surface area contributed by atoms with E-state index in [1.165, 1.54) is 24.3 Å². The molecule has 50 heavy (non-hydrogen) atoms. The van der Waals surface area contributed by atoms with Crippen LogP contribution in [0.3, 0.4) is 0 Å². The Morgan fingerprint density at radius 1 is 0.540 bits per heavy atom. The highest BCUT2D eigenvalue weighted by Gasteiger charge is 2.25. The zero-order chi connectivity index (χ0) is 35.4. The Morgan fingerprint density at radius 2 is 0.900 bits per heavy atom. The number of hydrogen-bond acceptors (Lipinski definition) is 10. The van der Waals surface area contributed by atoms with E-state index in [2.05, 4.69) is 19.9 Å². The molecule has 0 aliphatic carbocycles. The number of aryl methyl sites for hydroxylation is 4. The van der Waals surface area contributed by atoms with E-state index in [1.807, 2.05) is 52.0 Å². The molecule has 0 unspecified atom stereocenters. The Morgan fingerprint density at radius 3 is 1.26 bits per heavy atom. The Hall–Kier alpha value is -5.86. The maximum Gasteiger partial charge on any atom is 0.357 e. The zero-order valence-corrected chi connectivity index (χ0v) is 28.5. The summed E-state index contributed by atoms with van der Waals surface area (Å²) in [6, 6.07) is 13.6. The average Bonchev–Trinajstić information content (AvgIpc) is 3.08. The van der Waals surface area contributed by atoms with Crippen LogP contribution in [0.4, 0.5) is 0 Å². The highest BCUT2D eigenvalue weighted by Crippen LogP contribution is 2.26. The van der Waals surface area contributed by atoms with Crippen LogP contribution in [0.2, 0.25) is 0 Å². The molecule has 0 spiro atoms. The molecule has 254 valence electrons. The highest BCUT2D eigenvalue weighted by molar-refractivity contribution is 5.82. The predicted octanol–water partition coefficient (Wildman–Crippen LogP) is 2.93. The lowest BCUT2D eigenvalue weighted by Crippen LogP contribution is -2.38. The fourth-order valence-electron chi connectivity index (χ4n) is 6.21. The van der Waals surface area contributed by atoms with Gasteiger partial charge in [0.15, 0.2) is 23.0 Å². The van der Waals surface area contributed by atoms with Crippen LogP contribution in [0.5, 0.6) is 0 Å². The minimum absolute atomic E-state index is 0.0165. The van der Waals surface area contributed by atoms with Gasteiger partial charge in [-0.15, -0.1) is 0 Å². The summed E-state index contributed by atoms with van der Waals surface area (Å²) in [5.74, 6) is 0.303. The van der Waals surface area contributed by atoms with Crippen LogP contribution in [0.1, 0.15) is 22.3 Å². The van der Waals surface area contributed by atoms with Crippen molar-refractivity contribution in [2.75, 3.05) is 27.4 Å². The van der Waals surface area contributed by atoms with Gasteiger partial charge in [0.25, 0.3) is 11.1 Å². The van der Waals surface area contributed by atoms with Crippen molar-refractivity contribution in [1.82, 2.24) is 38.2 Å². The van der Waals surface area contributed by atoms with Gasteiger partial charge in [0, 0.05) is 27.3 Å². The molecule has 0 saturated carbocycles. The monoisotopic (exact) mass is 674 g/mol. The molecule has 14 heteroatoms. The maximum absolute atomic E-state index is 13.9. The van der Waals surface area contributed by atoms with Gasteiger partial charge in [0.2, 0.25) is 0 Å². The number of methoxy groups -OCH3 is 2. The molecule has 3 aromatic rings. The van der Waals surface area contributed by atoms with Crippen LogP contribution in [-0.4, -0.2) is 65.6 Å². The zero-order valence-electron chi connectivity index (χ0n) is 28.5. The van der Waals surface area contributed by atoms with Crippen molar-refractivity contribution in [1.29, 1.82) is 0 Å². The fourth-order valence-corrected chi connectivity index (χ4v) is 6.21. The minimum Gasteiger partial charge on any atom is -0.383 e. The molecule has 3 aromatic carbocycles. The number of benzene rings is 3. The van der Waals surface area contributed by atoms with Crippen molar-refractivity contribution in [2.24, 2.45) is 0 Å². The third-order valence-corrected chi connectivity index (χ3v) is 9.16. The second-order valence-electron chi connectivity index (χ2n) is 12.3. The fraction of sp³-hybridized carbons (Fsp3) is 0.278. The molecule has 0 radical (unpaired) electrons. The van der Waals surface area contributed by atoms with Crippen LogP contribution in [-0.2, 0) is 22.6 Å². The summed E-state index contributed by atoms with van der Waals surface area (Å²) in [4.78, 5) is 72.6. The van der Waals surface area contributed by atoms with E-state index in [-0.39, 0.29) is 34.4 Å². The van der Waals surface area contributed by atoms with Gasteiger partial charge in [-0.05, 0) is 98.5 Å². The third kappa shape index (κ3) is 5.29. The standard InChI is InChI=1S/C36H34N8O6/c1-19-15-25-27(17-21(19)3)41(11-13-49-5)31-29(37-25)33(45)43(35(47)39-31)23-7-9-24(10-8-23)44-34(46)30-32(40-36(44)48)42(12-14-50-6)28-18-22(4)20(2)16-26(28)38-30/h7-10,15-18H,11-14H2,1-6H3. The molecule has 0 N–H and O–H groups in total. The van der Waals surface area contributed by atoms with Gasteiger partial charge in [-0.25, -0.2) is 28.7 Å². The first kappa shape index (κ1) is 32.7. The molecule has 0 aromatic heterocycles. The van der Waals surface area contributed by atoms with E-state index in [1.54, 1.807) is 23.4 Å². The Balaban J connectivity index is 1.38. The first-order valence-electron chi connectivity index (χ1n) is 16.0. The van der Waals surface area contributed by atoms with E-state index in [0.29, 0.717) is 37.3 Å². The molecular weight excluding hydrogens is 640 g/mol. The first-order valence-corrected chi connectivity index (χ1v) is 16.0. The molecule has 4 aliphatic rings. The maximum atomic E-state index is 13.9. The Kier molecular flexibility index (Phi) is 8.20. The van der Waals surface area contributed by atoms with E-state index in [9.17, 15) is 19.2 Å². The van der Waals surface area contributed by atoms with Gasteiger partial charge < -0.3 is 18.6 Å². The molecule has 0 amide bonds. The van der Waals surface area contributed by atoms with Crippen molar-refractivity contribution >= 4 is 22.1 Å².